The molecular formula is C15H9Cl3N2OS2. The number of hydrogen-bond acceptors (Lipinski definition) is 3. The highest BCUT2D eigenvalue weighted by Gasteiger charge is 2.13. The molecule has 1 aromatic carbocycles. The van der Waals surface area contributed by atoms with Crippen molar-refractivity contribution in [3.63, 3.8) is 0 Å². The van der Waals surface area contributed by atoms with Gasteiger partial charge in [0, 0.05) is 11.6 Å². The molecule has 0 aliphatic rings. The Morgan fingerprint density at radius 1 is 1.26 bits per heavy atom. The lowest BCUT2D eigenvalue weighted by Gasteiger charge is -2.03. The van der Waals surface area contributed by atoms with E-state index in [-0.39, 0.29) is 5.91 Å². The maximum absolute atomic E-state index is 12.3. The van der Waals surface area contributed by atoms with E-state index >= 15 is 0 Å². The molecule has 0 saturated carbocycles. The van der Waals surface area contributed by atoms with Crippen LogP contribution in [0.1, 0.15) is 9.67 Å². The Balaban J connectivity index is 2.22. The fourth-order valence-electron chi connectivity index (χ4n) is 2.08. The minimum atomic E-state index is -0.339. The van der Waals surface area contributed by atoms with Gasteiger partial charge in [-0.1, -0.05) is 52.2 Å². The third-order valence-electron chi connectivity index (χ3n) is 2.99. The molecule has 3 nitrogen and oxygen atoms in total. The number of thiophene rings is 1. The number of rotatable bonds is 3. The maximum Gasteiger partial charge on any atom is 0.289 e. The number of amides is 1. The first-order valence-corrected chi connectivity index (χ1v) is 9.20. The summed E-state index contributed by atoms with van der Waals surface area (Å²) in [5.74, 6) is -0.339. The van der Waals surface area contributed by atoms with Crippen LogP contribution in [0.5, 0.6) is 0 Å². The van der Waals surface area contributed by atoms with Gasteiger partial charge in [-0.2, -0.15) is 4.99 Å². The smallest absolute Gasteiger partial charge is 0.289 e. The molecule has 3 rings (SSSR count). The first-order valence-electron chi connectivity index (χ1n) is 6.43. The average Bonchev–Trinajstić information content (AvgIpc) is 3.04. The summed E-state index contributed by atoms with van der Waals surface area (Å²) >= 11 is 20.8. The van der Waals surface area contributed by atoms with Gasteiger partial charge in [0.1, 0.15) is 0 Å². The van der Waals surface area contributed by atoms with Crippen molar-refractivity contribution in [1.82, 2.24) is 4.57 Å². The van der Waals surface area contributed by atoms with Crippen LogP contribution < -0.4 is 4.80 Å². The van der Waals surface area contributed by atoms with Gasteiger partial charge in [0.2, 0.25) is 0 Å². The number of thiazole rings is 1. The molecule has 0 aliphatic carbocycles. The molecule has 0 N–H and O–H groups in total. The maximum atomic E-state index is 12.3. The molecule has 1 amide bonds. The number of carbonyl (C=O) groups excluding carboxylic acids is 1. The summed E-state index contributed by atoms with van der Waals surface area (Å²) < 4.78 is 3.26. The van der Waals surface area contributed by atoms with Crippen LogP contribution in [0.4, 0.5) is 0 Å². The number of halogens is 3. The van der Waals surface area contributed by atoms with Crippen LogP contribution >= 0.6 is 57.5 Å². The van der Waals surface area contributed by atoms with Crippen molar-refractivity contribution < 1.29 is 4.79 Å². The predicted octanol–water partition coefficient (Wildman–Crippen LogP) is 5.65. The van der Waals surface area contributed by atoms with E-state index in [1.54, 1.807) is 30.3 Å². The molecule has 118 valence electrons. The molecule has 0 aliphatic heterocycles. The van der Waals surface area contributed by atoms with Gasteiger partial charge < -0.3 is 4.57 Å². The molecule has 0 fully saturated rings. The third-order valence-corrected chi connectivity index (χ3v) is 5.74. The van der Waals surface area contributed by atoms with Gasteiger partial charge in [-0.15, -0.1) is 17.9 Å². The fraction of sp³-hybridized carbons (Fsp3) is 0.0667. The molecule has 0 spiro atoms. The van der Waals surface area contributed by atoms with E-state index in [0.29, 0.717) is 30.6 Å². The van der Waals surface area contributed by atoms with E-state index < -0.39 is 0 Å². The lowest BCUT2D eigenvalue weighted by molar-refractivity contribution is 0.100. The van der Waals surface area contributed by atoms with Gasteiger partial charge in [-0.3, -0.25) is 4.79 Å². The Kier molecular flexibility index (Phi) is 4.94. The number of nitrogens with zero attached hydrogens (tertiary/aromatic N) is 2. The van der Waals surface area contributed by atoms with Gasteiger partial charge in [0.05, 0.1) is 24.5 Å². The number of fused-ring (bicyclic) bond motifs is 1. The van der Waals surface area contributed by atoms with Crippen LogP contribution in [-0.4, -0.2) is 10.5 Å². The topological polar surface area (TPSA) is 34.4 Å². The Morgan fingerprint density at radius 2 is 2.04 bits per heavy atom. The number of aromatic nitrogens is 1. The van der Waals surface area contributed by atoms with E-state index in [2.05, 4.69) is 11.6 Å². The van der Waals surface area contributed by atoms with Gasteiger partial charge in [0.15, 0.2) is 4.80 Å². The Hall–Kier alpha value is -1.11. The van der Waals surface area contributed by atoms with Crippen LogP contribution in [0, 0.1) is 0 Å². The first kappa shape index (κ1) is 16.7. The Labute approximate surface area is 155 Å². The van der Waals surface area contributed by atoms with Crippen LogP contribution in [0.15, 0.2) is 41.9 Å². The highest BCUT2D eigenvalue weighted by atomic mass is 35.5. The highest BCUT2D eigenvalue weighted by molar-refractivity contribution is 7.18. The molecule has 2 heterocycles. The molecule has 0 radical (unpaired) electrons. The third kappa shape index (κ3) is 3.39. The zero-order valence-electron chi connectivity index (χ0n) is 11.6. The number of allylic oxidation sites excluding steroid dienone is 1. The second-order valence-corrected chi connectivity index (χ2v) is 8.11. The monoisotopic (exact) mass is 402 g/mol. The molecule has 8 heteroatoms. The van der Waals surface area contributed by atoms with Crippen molar-refractivity contribution in [2.45, 2.75) is 6.54 Å². The van der Waals surface area contributed by atoms with Crippen molar-refractivity contribution >= 4 is 73.6 Å². The Bertz CT molecular complexity index is 984. The second-order valence-electron chi connectivity index (χ2n) is 4.54. The van der Waals surface area contributed by atoms with Crippen molar-refractivity contribution in [2.75, 3.05) is 0 Å². The van der Waals surface area contributed by atoms with Crippen molar-refractivity contribution in [3.05, 3.63) is 61.0 Å². The molecule has 0 atom stereocenters. The standard InChI is InChI=1S/C15H9Cl3N2OS2/c1-2-5-20-13-9(17)6-8(16)7-11(13)23-15(20)19-14(21)10-3-4-12(18)22-10/h2-4,6-7H,1,5H2. The zero-order valence-corrected chi connectivity index (χ0v) is 15.5. The van der Waals surface area contributed by atoms with Gasteiger partial charge in [0.25, 0.3) is 5.91 Å². The van der Waals surface area contributed by atoms with Crippen molar-refractivity contribution in [1.29, 1.82) is 0 Å². The van der Waals surface area contributed by atoms with E-state index in [0.717, 1.165) is 10.2 Å². The summed E-state index contributed by atoms with van der Waals surface area (Å²) in [7, 11) is 0. The second kappa shape index (κ2) is 6.79. The zero-order chi connectivity index (χ0) is 16.6. The van der Waals surface area contributed by atoms with E-state index in [4.69, 9.17) is 34.8 Å². The lowest BCUT2D eigenvalue weighted by Crippen LogP contribution is -2.16. The van der Waals surface area contributed by atoms with Crippen LogP contribution in [0.3, 0.4) is 0 Å². The van der Waals surface area contributed by atoms with Crippen LogP contribution in [0.25, 0.3) is 10.2 Å². The highest BCUT2D eigenvalue weighted by Crippen LogP contribution is 2.30. The molecule has 3 aromatic rings. The minimum Gasteiger partial charge on any atom is -0.311 e. The van der Waals surface area contributed by atoms with Crippen molar-refractivity contribution in [3.8, 4) is 0 Å². The quantitative estimate of drug-likeness (QED) is 0.520. The Morgan fingerprint density at radius 3 is 2.70 bits per heavy atom. The van der Waals surface area contributed by atoms with Gasteiger partial charge >= 0.3 is 0 Å². The summed E-state index contributed by atoms with van der Waals surface area (Å²) in [5, 5.41) is 1.05. The molecule has 0 unspecified atom stereocenters. The van der Waals surface area contributed by atoms with E-state index in [9.17, 15) is 4.79 Å². The van der Waals surface area contributed by atoms with Gasteiger partial charge in [-0.05, 0) is 24.3 Å². The molecule has 0 bridgehead atoms. The fourth-order valence-corrected chi connectivity index (χ4v) is 4.83. The minimum absolute atomic E-state index is 0.339. The summed E-state index contributed by atoms with van der Waals surface area (Å²) in [6.45, 7) is 4.23. The SMILES string of the molecule is C=CCn1c(=NC(=O)c2ccc(Cl)s2)sc2cc(Cl)cc(Cl)c21. The van der Waals surface area contributed by atoms with Crippen LogP contribution in [-0.2, 0) is 6.54 Å². The molecule has 23 heavy (non-hydrogen) atoms. The lowest BCUT2D eigenvalue weighted by atomic mass is 10.3. The van der Waals surface area contributed by atoms with E-state index in [1.165, 1.54) is 22.7 Å². The van der Waals surface area contributed by atoms with Crippen molar-refractivity contribution in [2.24, 2.45) is 4.99 Å². The molecule has 0 saturated heterocycles. The predicted molar refractivity (Wildman–Crippen MR) is 99.3 cm³/mol. The van der Waals surface area contributed by atoms with Gasteiger partial charge in [-0.25, -0.2) is 0 Å². The average molecular weight is 404 g/mol. The molecular weight excluding hydrogens is 395 g/mol. The van der Waals surface area contributed by atoms with E-state index in [1.807, 2.05) is 4.57 Å². The number of benzene rings is 1. The summed E-state index contributed by atoms with van der Waals surface area (Å²) in [6.07, 6.45) is 1.72. The summed E-state index contributed by atoms with van der Waals surface area (Å²) in [5.41, 5.74) is 0.789. The summed E-state index contributed by atoms with van der Waals surface area (Å²) in [4.78, 5) is 17.5. The molecule has 2 aromatic heterocycles. The largest absolute Gasteiger partial charge is 0.311 e. The summed E-state index contributed by atoms with van der Waals surface area (Å²) in [6, 6.07) is 6.81. The number of hydrogen-bond donors (Lipinski definition) is 0. The van der Waals surface area contributed by atoms with Crippen LogP contribution in [0.2, 0.25) is 14.4 Å². The normalized spacial score (nSPS) is 12.0. The number of carbonyl (C=O) groups is 1. The first-order chi connectivity index (χ1) is 11.0.